The molecule has 0 aromatic heterocycles. The quantitative estimate of drug-likeness (QED) is 0.433. The summed E-state index contributed by atoms with van der Waals surface area (Å²) < 4.78 is 0. The first kappa shape index (κ1) is 6.60. The van der Waals surface area contributed by atoms with E-state index in [0.717, 1.165) is 5.92 Å². The molecule has 0 radical (unpaired) electrons. The van der Waals surface area contributed by atoms with Crippen LogP contribution in [0.25, 0.3) is 0 Å². The SMILES string of the molecule is CC1C=CCC(C)C=C1. The van der Waals surface area contributed by atoms with Crippen molar-refractivity contribution in [1.29, 1.82) is 0 Å². The molecule has 0 spiro atoms. The summed E-state index contributed by atoms with van der Waals surface area (Å²) in [5.74, 6) is 1.39. The van der Waals surface area contributed by atoms with Crippen molar-refractivity contribution >= 4 is 0 Å². The van der Waals surface area contributed by atoms with Gasteiger partial charge in [-0.2, -0.15) is 0 Å². The molecular weight excluding hydrogens is 108 g/mol. The minimum absolute atomic E-state index is 0.648. The van der Waals surface area contributed by atoms with Crippen molar-refractivity contribution in [1.82, 2.24) is 0 Å². The minimum Gasteiger partial charge on any atom is -0.0874 e. The van der Waals surface area contributed by atoms with E-state index in [1.54, 1.807) is 0 Å². The Morgan fingerprint density at radius 1 is 1.11 bits per heavy atom. The van der Waals surface area contributed by atoms with E-state index in [1.807, 2.05) is 0 Å². The lowest BCUT2D eigenvalue weighted by Gasteiger charge is -1.96. The van der Waals surface area contributed by atoms with Crippen molar-refractivity contribution in [2.24, 2.45) is 11.8 Å². The van der Waals surface area contributed by atoms with Gasteiger partial charge in [0.1, 0.15) is 0 Å². The van der Waals surface area contributed by atoms with Crippen LogP contribution in [-0.2, 0) is 0 Å². The number of rotatable bonds is 0. The summed E-state index contributed by atoms with van der Waals surface area (Å²) in [6.07, 6.45) is 10.3. The van der Waals surface area contributed by atoms with Crippen molar-refractivity contribution in [3.63, 3.8) is 0 Å². The lowest BCUT2D eigenvalue weighted by Crippen LogP contribution is -1.83. The molecule has 0 aromatic rings. The molecule has 1 aliphatic rings. The van der Waals surface area contributed by atoms with Gasteiger partial charge in [-0.25, -0.2) is 0 Å². The van der Waals surface area contributed by atoms with E-state index in [0.29, 0.717) is 5.92 Å². The zero-order valence-corrected chi connectivity index (χ0v) is 6.17. The fourth-order valence-electron chi connectivity index (χ4n) is 1.02. The van der Waals surface area contributed by atoms with Crippen LogP contribution in [0.5, 0.6) is 0 Å². The third-order valence-corrected chi connectivity index (χ3v) is 1.69. The van der Waals surface area contributed by atoms with Gasteiger partial charge in [-0.05, 0) is 18.3 Å². The van der Waals surface area contributed by atoms with E-state index in [1.165, 1.54) is 6.42 Å². The molecule has 0 saturated carbocycles. The Labute approximate surface area is 57.3 Å². The molecule has 0 aromatic carbocycles. The molecule has 9 heavy (non-hydrogen) atoms. The first-order chi connectivity index (χ1) is 4.29. The van der Waals surface area contributed by atoms with Gasteiger partial charge in [0, 0.05) is 0 Å². The summed E-state index contributed by atoms with van der Waals surface area (Å²) >= 11 is 0. The fraction of sp³-hybridized carbons (Fsp3) is 0.556. The highest BCUT2D eigenvalue weighted by atomic mass is 14.0. The average molecular weight is 122 g/mol. The fourth-order valence-corrected chi connectivity index (χ4v) is 1.02. The van der Waals surface area contributed by atoms with Gasteiger partial charge >= 0.3 is 0 Å². The molecule has 0 fully saturated rings. The molecule has 0 heterocycles. The van der Waals surface area contributed by atoms with E-state index in [2.05, 4.69) is 38.2 Å². The molecule has 0 nitrogen and oxygen atoms in total. The van der Waals surface area contributed by atoms with Crippen LogP contribution >= 0.6 is 0 Å². The largest absolute Gasteiger partial charge is 0.0874 e. The average Bonchev–Trinajstić information content (AvgIpc) is 1.97. The first-order valence-corrected chi connectivity index (χ1v) is 3.64. The van der Waals surface area contributed by atoms with Gasteiger partial charge in [-0.1, -0.05) is 38.2 Å². The number of allylic oxidation sites excluding steroid dienone is 4. The van der Waals surface area contributed by atoms with Crippen LogP contribution in [0.4, 0.5) is 0 Å². The normalized spacial score (nSPS) is 34.4. The van der Waals surface area contributed by atoms with Crippen molar-refractivity contribution < 1.29 is 0 Å². The second kappa shape index (κ2) is 2.86. The molecule has 0 saturated heterocycles. The zero-order valence-electron chi connectivity index (χ0n) is 6.17. The molecule has 0 heteroatoms. The van der Waals surface area contributed by atoms with Gasteiger partial charge in [0.05, 0.1) is 0 Å². The first-order valence-electron chi connectivity index (χ1n) is 3.64. The lowest BCUT2D eigenvalue weighted by atomic mass is 10.1. The maximum absolute atomic E-state index is 2.30. The molecule has 0 amide bonds. The molecule has 1 aliphatic carbocycles. The van der Waals surface area contributed by atoms with Crippen LogP contribution in [0.3, 0.4) is 0 Å². The maximum Gasteiger partial charge on any atom is -0.00818 e. The van der Waals surface area contributed by atoms with Gasteiger partial charge in [0.15, 0.2) is 0 Å². The Morgan fingerprint density at radius 2 is 1.89 bits per heavy atom. The van der Waals surface area contributed by atoms with Gasteiger partial charge in [0.25, 0.3) is 0 Å². The van der Waals surface area contributed by atoms with Crippen LogP contribution in [0.1, 0.15) is 20.3 Å². The number of hydrogen-bond donors (Lipinski definition) is 0. The second-order valence-electron chi connectivity index (χ2n) is 2.89. The maximum atomic E-state index is 2.30. The van der Waals surface area contributed by atoms with Gasteiger partial charge in [0.2, 0.25) is 0 Å². The summed E-state index contributed by atoms with van der Waals surface area (Å²) in [7, 11) is 0. The summed E-state index contributed by atoms with van der Waals surface area (Å²) in [4.78, 5) is 0. The standard InChI is InChI=1S/C9H14/c1-8-4-3-5-9(2)7-6-8/h3-4,6-9H,5H2,1-2H3. The van der Waals surface area contributed by atoms with E-state index in [-0.39, 0.29) is 0 Å². The molecule has 0 N–H and O–H groups in total. The molecule has 2 atom stereocenters. The van der Waals surface area contributed by atoms with Crippen LogP contribution < -0.4 is 0 Å². The highest BCUT2D eigenvalue weighted by molar-refractivity contribution is 5.05. The van der Waals surface area contributed by atoms with Crippen LogP contribution in [0.15, 0.2) is 24.3 Å². The van der Waals surface area contributed by atoms with E-state index in [4.69, 9.17) is 0 Å². The van der Waals surface area contributed by atoms with E-state index < -0.39 is 0 Å². The molecular formula is C9H14. The van der Waals surface area contributed by atoms with Crippen LogP contribution in [-0.4, -0.2) is 0 Å². The number of hydrogen-bond acceptors (Lipinski definition) is 0. The third kappa shape index (κ3) is 2.05. The van der Waals surface area contributed by atoms with E-state index in [9.17, 15) is 0 Å². The minimum atomic E-state index is 0.648. The van der Waals surface area contributed by atoms with Gasteiger partial charge < -0.3 is 0 Å². The Morgan fingerprint density at radius 3 is 2.67 bits per heavy atom. The second-order valence-corrected chi connectivity index (χ2v) is 2.89. The van der Waals surface area contributed by atoms with Gasteiger partial charge in [-0.3, -0.25) is 0 Å². The zero-order chi connectivity index (χ0) is 6.69. The third-order valence-electron chi connectivity index (χ3n) is 1.69. The predicted octanol–water partition coefficient (Wildman–Crippen LogP) is 2.77. The Balaban J connectivity index is 2.58. The molecule has 1 rings (SSSR count). The predicted molar refractivity (Wildman–Crippen MR) is 41.2 cm³/mol. The summed E-state index contributed by atoms with van der Waals surface area (Å²) in [5.41, 5.74) is 0. The summed E-state index contributed by atoms with van der Waals surface area (Å²) in [5, 5.41) is 0. The highest BCUT2D eigenvalue weighted by Gasteiger charge is 1.98. The van der Waals surface area contributed by atoms with Gasteiger partial charge in [-0.15, -0.1) is 0 Å². The summed E-state index contributed by atoms with van der Waals surface area (Å²) in [6.45, 7) is 4.46. The summed E-state index contributed by atoms with van der Waals surface area (Å²) in [6, 6.07) is 0. The van der Waals surface area contributed by atoms with Crippen LogP contribution in [0, 0.1) is 11.8 Å². The Kier molecular flexibility index (Phi) is 2.10. The van der Waals surface area contributed by atoms with E-state index >= 15 is 0 Å². The monoisotopic (exact) mass is 122 g/mol. The van der Waals surface area contributed by atoms with Crippen LogP contribution in [0.2, 0.25) is 0 Å². The molecule has 0 aliphatic heterocycles. The highest BCUT2D eigenvalue weighted by Crippen LogP contribution is 2.13. The smallest absolute Gasteiger partial charge is 0.00818 e. The van der Waals surface area contributed by atoms with Crippen molar-refractivity contribution in [3.05, 3.63) is 24.3 Å². The molecule has 0 bridgehead atoms. The Hall–Kier alpha value is -0.520. The topological polar surface area (TPSA) is 0 Å². The molecule has 50 valence electrons. The lowest BCUT2D eigenvalue weighted by molar-refractivity contribution is 0.747. The molecule has 2 unspecified atom stereocenters. The van der Waals surface area contributed by atoms with Crippen molar-refractivity contribution in [3.8, 4) is 0 Å². The van der Waals surface area contributed by atoms with Crippen molar-refractivity contribution in [2.45, 2.75) is 20.3 Å². The Bertz CT molecular complexity index is 131. The van der Waals surface area contributed by atoms with Crippen molar-refractivity contribution in [2.75, 3.05) is 0 Å².